The monoisotopic (exact) mass is 387 g/mol. The molecule has 2 rings (SSSR count). The zero-order valence-electron chi connectivity index (χ0n) is 16.1. The van der Waals surface area contributed by atoms with Crippen molar-refractivity contribution in [3.05, 3.63) is 12.2 Å². The van der Waals surface area contributed by atoms with Crippen molar-refractivity contribution < 1.29 is 23.2 Å². The summed E-state index contributed by atoms with van der Waals surface area (Å²) in [4.78, 5) is 11.6. The van der Waals surface area contributed by atoms with E-state index in [1.165, 1.54) is 0 Å². The van der Waals surface area contributed by atoms with Crippen LogP contribution in [0.15, 0.2) is 12.2 Å². The lowest BCUT2D eigenvalue weighted by molar-refractivity contribution is -0.138. The molecule has 2 fully saturated rings. The number of fused-ring (bicyclic) bond motifs is 2. The number of carbonyl (C=O) groups excluding carboxylic acids is 1. The molecular formula is C19H33NO5S. The summed E-state index contributed by atoms with van der Waals surface area (Å²) < 4.78 is 30.5. The number of hydroxylamine groups is 1. The van der Waals surface area contributed by atoms with Crippen molar-refractivity contribution in [2.75, 3.05) is 11.5 Å². The van der Waals surface area contributed by atoms with E-state index in [9.17, 15) is 13.2 Å². The van der Waals surface area contributed by atoms with Crippen LogP contribution in [0.4, 0.5) is 0 Å². The van der Waals surface area contributed by atoms with Gasteiger partial charge in [-0.1, -0.05) is 32.9 Å². The maximum Gasteiger partial charge on any atom is 0.248 e. The number of sulfone groups is 1. The van der Waals surface area contributed by atoms with Gasteiger partial charge >= 0.3 is 0 Å². The third kappa shape index (κ3) is 5.30. The van der Waals surface area contributed by atoms with Crippen LogP contribution in [0, 0.1) is 17.3 Å². The van der Waals surface area contributed by atoms with Gasteiger partial charge < -0.3 is 4.74 Å². The molecule has 2 heterocycles. The molecular weight excluding hydrogens is 354 g/mol. The zero-order chi connectivity index (χ0) is 19.4. The Labute approximate surface area is 157 Å². The van der Waals surface area contributed by atoms with Crippen LogP contribution in [0.5, 0.6) is 0 Å². The highest BCUT2D eigenvalue weighted by Crippen LogP contribution is 2.45. The van der Waals surface area contributed by atoms with Crippen LogP contribution in [0.25, 0.3) is 0 Å². The molecule has 0 unspecified atom stereocenters. The summed E-state index contributed by atoms with van der Waals surface area (Å²) in [5.41, 5.74) is 1.09. The summed E-state index contributed by atoms with van der Waals surface area (Å²) in [5.74, 6) is 0.487. The van der Waals surface area contributed by atoms with E-state index < -0.39 is 15.3 Å². The number of nitrogens with one attached hydrogen (secondary N) is 1. The minimum absolute atomic E-state index is 0.0946. The average molecular weight is 388 g/mol. The first-order valence-corrected chi connectivity index (χ1v) is 11.5. The first kappa shape index (κ1) is 21.4. The molecule has 2 aliphatic rings. The molecule has 0 radical (unpaired) electrons. The first-order chi connectivity index (χ1) is 12.2. The highest BCUT2D eigenvalue weighted by Gasteiger charge is 2.49. The number of amides is 1. The molecule has 150 valence electrons. The average Bonchev–Trinajstić information content (AvgIpc) is 3.15. The molecule has 1 amide bonds. The van der Waals surface area contributed by atoms with Gasteiger partial charge in [-0.15, -0.1) is 0 Å². The lowest BCUT2D eigenvalue weighted by Gasteiger charge is -2.27. The summed E-state index contributed by atoms with van der Waals surface area (Å²) in [6, 6.07) is 0. The first-order valence-electron chi connectivity index (χ1n) is 9.65. The summed E-state index contributed by atoms with van der Waals surface area (Å²) >= 11 is 0. The molecule has 7 heteroatoms. The van der Waals surface area contributed by atoms with Gasteiger partial charge in [0.25, 0.3) is 0 Å². The molecule has 0 aromatic carbocycles. The minimum atomic E-state index is -3.01. The molecule has 0 spiro atoms. The topological polar surface area (TPSA) is 92.7 Å². The molecule has 2 bridgehead atoms. The van der Waals surface area contributed by atoms with Crippen LogP contribution < -0.4 is 5.48 Å². The van der Waals surface area contributed by atoms with Crippen molar-refractivity contribution >= 4 is 15.7 Å². The number of carbonyl (C=O) groups is 1. The Balaban J connectivity index is 1.88. The maximum atomic E-state index is 12.3. The van der Waals surface area contributed by atoms with E-state index in [0.29, 0.717) is 12.8 Å². The van der Waals surface area contributed by atoms with Crippen LogP contribution in [0.1, 0.15) is 59.3 Å². The highest BCUT2D eigenvalue weighted by atomic mass is 32.2. The Kier molecular flexibility index (Phi) is 7.27. The van der Waals surface area contributed by atoms with Gasteiger partial charge in [-0.05, 0) is 44.4 Å². The third-order valence-electron chi connectivity index (χ3n) is 5.78. The van der Waals surface area contributed by atoms with E-state index in [0.717, 1.165) is 25.7 Å². The SMILES string of the molecule is CCCS(=O)(=O)C[C@@H]1[C@H](C/C=C\CCC(C)(C)C(=O)NO)[C@@H]2CC[C@H]1O2. The summed E-state index contributed by atoms with van der Waals surface area (Å²) in [7, 11) is -3.01. The van der Waals surface area contributed by atoms with Crippen molar-refractivity contribution in [2.24, 2.45) is 17.3 Å². The molecule has 2 aliphatic heterocycles. The van der Waals surface area contributed by atoms with E-state index >= 15 is 0 Å². The summed E-state index contributed by atoms with van der Waals surface area (Å²) in [6.07, 6.45) is 9.28. The van der Waals surface area contributed by atoms with Crippen LogP contribution in [-0.2, 0) is 19.4 Å². The summed E-state index contributed by atoms with van der Waals surface area (Å²) in [5, 5.41) is 8.76. The quantitative estimate of drug-likeness (QED) is 0.342. The smallest absolute Gasteiger partial charge is 0.248 e. The largest absolute Gasteiger partial charge is 0.374 e. The van der Waals surface area contributed by atoms with Crippen molar-refractivity contribution in [1.82, 2.24) is 5.48 Å². The summed E-state index contributed by atoms with van der Waals surface area (Å²) in [6.45, 7) is 5.49. The molecule has 0 aliphatic carbocycles. The number of hydrogen-bond donors (Lipinski definition) is 2. The van der Waals surface area contributed by atoms with Gasteiger partial charge in [0.15, 0.2) is 9.84 Å². The van der Waals surface area contributed by atoms with E-state index in [-0.39, 0.29) is 41.5 Å². The Morgan fingerprint density at radius 1 is 1.23 bits per heavy atom. The maximum absolute atomic E-state index is 12.3. The molecule has 2 N–H and O–H groups in total. The van der Waals surface area contributed by atoms with Crippen LogP contribution in [-0.4, -0.2) is 43.2 Å². The second kappa shape index (κ2) is 8.85. The number of hydrogen-bond acceptors (Lipinski definition) is 5. The van der Waals surface area contributed by atoms with Gasteiger partial charge in [0.2, 0.25) is 5.91 Å². The van der Waals surface area contributed by atoms with E-state index in [2.05, 4.69) is 12.2 Å². The van der Waals surface area contributed by atoms with Crippen LogP contribution in [0.3, 0.4) is 0 Å². The van der Waals surface area contributed by atoms with Crippen molar-refractivity contribution in [1.29, 1.82) is 0 Å². The highest BCUT2D eigenvalue weighted by molar-refractivity contribution is 7.91. The molecule has 0 aromatic rings. The number of allylic oxidation sites excluding steroid dienone is 2. The van der Waals surface area contributed by atoms with Crippen LogP contribution >= 0.6 is 0 Å². The third-order valence-corrected chi connectivity index (χ3v) is 7.70. The Morgan fingerprint density at radius 2 is 1.88 bits per heavy atom. The lowest BCUT2D eigenvalue weighted by Crippen LogP contribution is -2.34. The zero-order valence-corrected chi connectivity index (χ0v) is 16.9. The van der Waals surface area contributed by atoms with Crippen molar-refractivity contribution in [2.45, 2.75) is 71.5 Å². The molecule has 0 aromatic heterocycles. The minimum Gasteiger partial charge on any atom is -0.374 e. The second-order valence-corrected chi connectivity index (χ2v) is 10.5. The Hall–Kier alpha value is -0.920. The predicted octanol–water partition coefficient (Wildman–Crippen LogP) is 2.86. The molecule has 2 saturated heterocycles. The van der Waals surface area contributed by atoms with Gasteiger partial charge in [-0.3, -0.25) is 10.0 Å². The molecule has 4 atom stereocenters. The normalized spacial score (nSPS) is 28.8. The van der Waals surface area contributed by atoms with Gasteiger partial charge in [0.1, 0.15) is 0 Å². The Morgan fingerprint density at radius 3 is 2.50 bits per heavy atom. The fourth-order valence-electron chi connectivity index (χ4n) is 4.20. The van der Waals surface area contributed by atoms with Gasteiger partial charge in [0.05, 0.1) is 18.0 Å². The van der Waals surface area contributed by atoms with E-state index in [1.807, 2.05) is 6.92 Å². The van der Waals surface area contributed by atoms with Gasteiger partial charge in [-0.2, -0.15) is 0 Å². The Bertz CT molecular complexity index is 613. The number of ether oxygens (including phenoxy) is 1. The van der Waals surface area contributed by atoms with Crippen molar-refractivity contribution in [3.8, 4) is 0 Å². The predicted molar refractivity (Wildman–Crippen MR) is 101 cm³/mol. The van der Waals surface area contributed by atoms with E-state index in [4.69, 9.17) is 9.94 Å². The van der Waals surface area contributed by atoms with Crippen LogP contribution in [0.2, 0.25) is 0 Å². The van der Waals surface area contributed by atoms with Crippen molar-refractivity contribution in [3.63, 3.8) is 0 Å². The number of rotatable bonds is 10. The fraction of sp³-hybridized carbons (Fsp3) is 0.842. The molecule has 26 heavy (non-hydrogen) atoms. The second-order valence-electron chi connectivity index (χ2n) is 8.30. The van der Waals surface area contributed by atoms with E-state index in [1.54, 1.807) is 19.3 Å². The molecule has 6 nitrogen and oxygen atoms in total. The lowest BCUT2D eigenvalue weighted by atomic mass is 9.78. The van der Waals surface area contributed by atoms with Gasteiger partial charge in [0, 0.05) is 17.1 Å². The fourth-order valence-corrected chi connectivity index (χ4v) is 6.03. The standard InChI is InChI=1S/C19H33NO5S/c1-4-12-26(23,24)13-15-14(16-9-10-17(15)25-16)8-6-5-7-11-19(2,3)18(21)20-22/h5-6,14-17,22H,4,7-13H2,1-3H3,(H,20,21)/b6-5-/t14-,15+,16-,17+/m0/s1. The van der Waals surface area contributed by atoms with Gasteiger partial charge in [-0.25, -0.2) is 13.9 Å². The molecule has 0 saturated carbocycles.